The van der Waals surface area contributed by atoms with Gasteiger partial charge in [0.05, 0.1) is 11.2 Å². The molecule has 1 heterocycles. The molecule has 0 amide bonds. The minimum atomic E-state index is -3.64. The number of halogens is 2. The second kappa shape index (κ2) is 6.41. The van der Waals surface area contributed by atoms with Gasteiger partial charge in [-0.1, -0.05) is 18.0 Å². The molecule has 0 saturated heterocycles. The van der Waals surface area contributed by atoms with E-state index in [1.54, 1.807) is 7.05 Å². The Labute approximate surface area is 124 Å². The van der Waals surface area contributed by atoms with E-state index in [0.29, 0.717) is 6.42 Å². The van der Waals surface area contributed by atoms with Crippen LogP contribution in [0.1, 0.15) is 25.7 Å². The zero-order chi connectivity index (χ0) is 13.3. The Kier molecular flexibility index (Phi) is 5.64. The van der Waals surface area contributed by atoms with Crippen LogP contribution in [0, 0.1) is 0 Å². The van der Waals surface area contributed by atoms with E-state index in [1.807, 2.05) is 0 Å². The van der Waals surface area contributed by atoms with E-state index in [2.05, 4.69) is 9.82 Å². The van der Waals surface area contributed by atoms with Crippen LogP contribution in [0.15, 0.2) is 11.2 Å². The summed E-state index contributed by atoms with van der Waals surface area (Å²) in [6.45, 7) is 0. The predicted molar refractivity (Wildman–Crippen MR) is 76.0 cm³/mol. The van der Waals surface area contributed by atoms with Crippen molar-refractivity contribution in [2.24, 2.45) is 12.8 Å². The highest BCUT2D eigenvalue weighted by Crippen LogP contribution is 2.23. The van der Waals surface area contributed by atoms with E-state index in [4.69, 9.17) is 17.3 Å². The molecular formula is C10H18Cl2N4O2S. The Hall–Kier alpha value is -0.340. The lowest BCUT2D eigenvalue weighted by Crippen LogP contribution is -2.42. The van der Waals surface area contributed by atoms with Crippen molar-refractivity contribution in [2.75, 3.05) is 0 Å². The van der Waals surface area contributed by atoms with Crippen LogP contribution >= 0.6 is 24.0 Å². The summed E-state index contributed by atoms with van der Waals surface area (Å²) in [5, 5.41) is 3.96. The van der Waals surface area contributed by atoms with Gasteiger partial charge < -0.3 is 5.73 Å². The van der Waals surface area contributed by atoms with Gasteiger partial charge in [0.1, 0.15) is 0 Å². The first kappa shape index (κ1) is 16.7. The average Bonchev–Trinajstić information content (AvgIpc) is 2.58. The lowest BCUT2D eigenvalue weighted by molar-refractivity contribution is 0.370. The number of hydrogen-bond donors (Lipinski definition) is 2. The number of aryl methyl sites for hydroxylation is 1. The molecule has 1 aliphatic carbocycles. The molecule has 0 aliphatic heterocycles. The molecule has 1 saturated carbocycles. The first-order valence-electron chi connectivity index (χ1n) is 5.85. The molecule has 3 N–H and O–H groups in total. The lowest BCUT2D eigenvalue weighted by atomic mass is 9.92. The van der Waals surface area contributed by atoms with Gasteiger partial charge in [-0.2, -0.15) is 5.10 Å². The number of aromatic nitrogens is 2. The molecule has 19 heavy (non-hydrogen) atoms. The van der Waals surface area contributed by atoms with Gasteiger partial charge >= 0.3 is 0 Å². The number of nitrogens with zero attached hydrogens (tertiary/aromatic N) is 2. The molecule has 0 aromatic carbocycles. The summed E-state index contributed by atoms with van der Waals surface area (Å²) in [5.41, 5.74) is 5.84. The molecular weight excluding hydrogens is 311 g/mol. The van der Waals surface area contributed by atoms with E-state index in [-0.39, 0.29) is 34.5 Å². The molecule has 110 valence electrons. The van der Waals surface area contributed by atoms with E-state index in [9.17, 15) is 8.42 Å². The Morgan fingerprint density at radius 2 is 2.21 bits per heavy atom. The largest absolute Gasteiger partial charge is 0.328 e. The second-order valence-electron chi connectivity index (χ2n) is 4.67. The van der Waals surface area contributed by atoms with E-state index in [1.165, 1.54) is 10.9 Å². The minimum absolute atomic E-state index is 0. The fraction of sp³-hybridized carbons (Fsp3) is 0.700. The predicted octanol–water partition coefficient (Wildman–Crippen LogP) is 1.04. The minimum Gasteiger partial charge on any atom is -0.328 e. The first-order chi connectivity index (χ1) is 8.40. The van der Waals surface area contributed by atoms with Gasteiger partial charge in [-0.15, -0.1) is 12.4 Å². The van der Waals surface area contributed by atoms with Crippen LogP contribution < -0.4 is 10.5 Å². The van der Waals surface area contributed by atoms with Gasteiger partial charge in [-0.3, -0.25) is 4.68 Å². The van der Waals surface area contributed by atoms with Crippen LogP contribution in [0.4, 0.5) is 0 Å². The quantitative estimate of drug-likeness (QED) is 0.867. The highest BCUT2D eigenvalue weighted by Gasteiger charge is 2.28. The van der Waals surface area contributed by atoms with E-state index < -0.39 is 10.0 Å². The average molecular weight is 329 g/mol. The summed E-state index contributed by atoms with van der Waals surface area (Å²) >= 11 is 5.85. The number of sulfonamides is 1. The van der Waals surface area contributed by atoms with Crippen molar-refractivity contribution in [1.82, 2.24) is 14.5 Å². The van der Waals surface area contributed by atoms with E-state index in [0.717, 1.165) is 19.3 Å². The zero-order valence-corrected chi connectivity index (χ0v) is 12.9. The molecule has 0 radical (unpaired) electrons. The monoisotopic (exact) mass is 328 g/mol. The zero-order valence-electron chi connectivity index (χ0n) is 10.5. The van der Waals surface area contributed by atoms with Gasteiger partial charge in [0.25, 0.3) is 10.0 Å². The summed E-state index contributed by atoms with van der Waals surface area (Å²) in [4.78, 5) is 0. The molecule has 0 bridgehead atoms. The molecule has 2 unspecified atom stereocenters. The molecule has 2 atom stereocenters. The van der Waals surface area contributed by atoms with Gasteiger partial charge in [-0.25, -0.2) is 13.1 Å². The molecule has 1 fully saturated rings. The summed E-state index contributed by atoms with van der Waals surface area (Å²) < 4.78 is 28.3. The van der Waals surface area contributed by atoms with Crippen molar-refractivity contribution in [3.05, 3.63) is 11.2 Å². The Morgan fingerprint density at radius 3 is 2.74 bits per heavy atom. The maximum absolute atomic E-state index is 12.2. The van der Waals surface area contributed by atoms with Gasteiger partial charge in [0, 0.05) is 19.1 Å². The summed E-state index contributed by atoms with van der Waals surface area (Å²) in [6, 6.07) is -0.0572. The second-order valence-corrected chi connectivity index (χ2v) is 6.70. The number of rotatable bonds is 3. The van der Waals surface area contributed by atoms with Crippen molar-refractivity contribution in [3.63, 3.8) is 0 Å². The van der Waals surface area contributed by atoms with E-state index >= 15 is 0 Å². The molecule has 9 heteroatoms. The van der Waals surface area contributed by atoms with Crippen LogP contribution in [0.5, 0.6) is 0 Å². The lowest BCUT2D eigenvalue weighted by Gasteiger charge is -2.27. The third-order valence-corrected chi connectivity index (χ3v) is 5.16. The highest BCUT2D eigenvalue weighted by atomic mass is 35.5. The summed E-state index contributed by atoms with van der Waals surface area (Å²) in [7, 11) is -2.09. The topological polar surface area (TPSA) is 90.0 Å². The van der Waals surface area contributed by atoms with Crippen LogP contribution in [-0.2, 0) is 17.1 Å². The Bertz CT molecular complexity index is 512. The molecule has 6 nitrogen and oxygen atoms in total. The van der Waals surface area contributed by atoms with Crippen molar-refractivity contribution in [1.29, 1.82) is 0 Å². The standard InChI is InChI=1S/C10H17ClN4O2S.ClH/c1-15-10(9(11)6-13-15)18(16,17)14-8-4-2-3-7(12)5-8;/h6-8,14H,2-5,12H2,1H3;1H. The smallest absolute Gasteiger partial charge is 0.259 e. The number of hydrogen-bond acceptors (Lipinski definition) is 4. The maximum atomic E-state index is 12.2. The number of nitrogens with one attached hydrogen (secondary N) is 1. The normalized spacial score (nSPS) is 23.9. The van der Waals surface area contributed by atoms with Crippen LogP contribution in [-0.4, -0.2) is 30.3 Å². The fourth-order valence-corrected chi connectivity index (χ4v) is 4.25. The van der Waals surface area contributed by atoms with Crippen molar-refractivity contribution >= 4 is 34.0 Å². The van der Waals surface area contributed by atoms with Crippen molar-refractivity contribution in [3.8, 4) is 0 Å². The molecule has 0 spiro atoms. The Morgan fingerprint density at radius 1 is 1.53 bits per heavy atom. The first-order valence-corrected chi connectivity index (χ1v) is 7.71. The van der Waals surface area contributed by atoms with Gasteiger partial charge in [-0.05, 0) is 19.3 Å². The van der Waals surface area contributed by atoms with Gasteiger partial charge in [0.2, 0.25) is 0 Å². The highest BCUT2D eigenvalue weighted by molar-refractivity contribution is 7.89. The SMILES string of the molecule is Cl.Cn1ncc(Cl)c1S(=O)(=O)NC1CCCC(N)C1. The van der Waals surface area contributed by atoms with Crippen LogP contribution in [0.3, 0.4) is 0 Å². The maximum Gasteiger partial charge on any atom is 0.259 e. The van der Waals surface area contributed by atoms with Gasteiger partial charge in [0.15, 0.2) is 5.03 Å². The van der Waals surface area contributed by atoms with Crippen molar-refractivity contribution < 1.29 is 8.42 Å². The fourth-order valence-electron chi connectivity index (χ4n) is 2.31. The summed E-state index contributed by atoms with van der Waals surface area (Å²) in [5.74, 6) is 0. The Balaban J connectivity index is 0.00000180. The van der Waals surface area contributed by atoms with Crippen LogP contribution in [0.25, 0.3) is 0 Å². The van der Waals surface area contributed by atoms with Crippen molar-refractivity contribution in [2.45, 2.75) is 42.8 Å². The summed E-state index contributed by atoms with van der Waals surface area (Å²) in [6.07, 6.45) is 4.68. The number of nitrogens with two attached hydrogens (primary N) is 1. The molecule has 1 aromatic heterocycles. The third kappa shape index (κ3) is 3.82. The molecule has 1 aromatic rings. The van der Waals surface area contributed by atoms with Crippen LogP contribution in [0.2, 0.25) is 5.02 Å². The third-order valence-electron chi connectivity index (χ3n) is 3.13. The molecule has 1 aliphatic rings. The molecule has 2 rings (SSSR count).